The van der Waals surface area contributed by atoms with Crippen LogP contribution in [0.5, 0.6) is 5.75 Å². The molecule has 4 rings (SSSR count). The Morgan fingerprint density at radius 2 is 1.48 bits per heavy atom. The average molecular weight is 415 g/mol. The van der Waals surface area contributed by atoms with Crippen LogP contribution in [-0.4, -0.2) is 29.9 Å². The number of rotatable bonds is 6. The van der Waals surface area contributed by atoms with Crippen LogP contribution in [0.4, 0.5) is 16.2 Å². The van der Waals surface area contributed by atoms with Crippen molar-refractivity contribution in [1.29, 1.82) is 0 Å². The maximum Gasteiger partial charge on any atom is 0.321 e. The lowest BCUT2D eigenvalue weighted by atomic mass is 10.2. The first-order valence-electron chi connectivity index (χ1n) is 10.4. The van der Waals surface area contributed by atoms with Gasteiger partial charge in [-0.1, -0.05) is 36.4 Å². The number of nitrogens with zero attached hydrogens (tertiary/aromatic N) is 1. The minimum absolute atomic E-state index is 0.105. The van der Waals surface area contributed by atoms with Crippen molar-refractivity contribution in [2.75, 3.05) is 23.7 Å². The molecule has 1 fully saturated rings. The van der Waals surface area contributed by atoms with Gasteiger partial charge in [0, 0.05) is 30.0 Å². The molecule has 0 radical (unpaired) electrons. The average Bonchev–Trinajstić information content (AvgIpc) is 3.34. The molecule has 0 aromatic heterocycles. The van der Waals surface area contributed by atoms with Crippen LogP contribution < -0.4 is 15.4 Å². The predicted octanol–water partition coefficient (Wildman–Crippen LogP) is 5.15. The Kier molecular flexibility index (Phi) is 6.47. The van der Waals surface area contributed by atoms with Crippen LogP contribution in [0.15, 0.2) is 78.9 Å². The summed E-state index contributed by atoms with van der Waals surface area (Å²) in [5.74, 6) is 0.477. The number of likely N-dealkylation sites (tertiary alicyclic amines) is 1. The molecule has 1 aliphatic heterocycles. The Labute approximate surface area is 181 Å². The molecular weight excluding hydrogens is 390 g/mol. The minimum Gasteiger partial charge on any atom is -0.489 e. The lowest BCUT2D eigenvalue weighted by Crippen LogP contribution is -2.32. The third-order valence-corrected chi connectivity index (χ3v) is 5.13. The fourth-order valence-electron chi connectivity index (χ4n) is 3.44. The Balaban J connectivity index is 1.33. The fraction of sp³-hybridized carbons (Fsp3) is 0.200. The van der Waals surface area contributed by atoms with E-state index in [1.165, 1.54) is 0 Å². The molecule has 3 aromatic carbocycles. The van der Waals surface area contributed by atoms with Gasteiger partial charge in [-0.2, -0.15) is 0 Å². The minimum atomic E-state index is -0.224. The van der Waals surface area contributed by atoms with Gasteiger partial charge in [0.05, 0.1) is 0 Å². The SMILES string of the molecule is O=C(Nc1cccc(NC(=O)N2CCCC2)c1)c1ccc(OCc2ccccc2)cc1. The van der Waals surface area contributed by atoms with Crippen molar-refractivity contribution in [2.24, 2.45) is 0 Å². The van der Waals surface area contributed by atoms with Gasteiger partial charge in [0.15, 0.2) is 0 Å². The van der Waals surface area contributed by atoms with Crippen LogP contribution in [0, 0.1) is 0 Å². The molecule has 0 atom stereocenters. The Hall–Kier alpha value is -3.80. The Morgan fingerprint density at radius 3 is 2.19 bits per heavy atom. The van der Waals surface area contributed by atoms with Gasteiger partial charge >= 0.3 is 6.03 Å². The highest BCUT2D eigenvalue weighted by atomic mass is 16.5. The molecule has 1 heterocycles. The molecule has 0 saturated carbocycles. The number of hydrogen-bond donors (Lipinski definition) is 2. The van der Waals surface area contributed by atoms with E-state index in [0.717, 1.165) is 31.5 Å². The van der Waals surface area contributed by atoms with Crippen LogP contribution in [0.1, 0.15) is 28.8 Å². The molecule has 0 aliphatic carbocycles. The molecule has 158 valence electrons. The second-order valence-corrected chi connectivity index (χ2v) is 7.46. The van der Waals surface area contributed by atoms with Gasteiger partial charge in [0.25, 0.3) is 5.91 Å². The first-order chi connectivity index (χ1) is 15.2. The highest BCUT2D eigenvalue weighted by Crippen LogP contribution is 2.19. The van der Waals surface area contributed by atoms with Gasteiger partial charge in [-0.15, -0.1) is 0 Å². The van der Waals surface area contributed by atoms with Crippen molar-refractivity contribution >= 4 is 23.3 Å². The number of hydrogen-bond acceptors (Lipinski definition) is 3. The van der Waals surface area contributed by atoms with Gasteiger partial charge in [0.2, 0.25) is 0 Å². The summed E-state index contributed by atoms with van der Waals surface area (Å²) in [5.41, 5.74) is 2.88. The van der Waals surface area contributed by atoms with Crippen molar-refractivity contribution in [3.05, 3.63) is 90.0 Å². The molecule has 3 amide bonds. The summed E-state index contributed by atoms with van der Waals surface area (Å²) in [4.78, 5) is 26.7. The van der Waals surface area contributed by atoms with E-state index in [0.29, 0.717) is 29.3 Å². The van der Waals surface area contributed by atoms with E-state index in [4.69, 9.17) is 4.74 Å². The van der Waals surface area contributed by atoms with Crippen LogP contribution >= 0.6 is 0 Å². The van der Waals surface area contributed by atoms with Gasteiger partial charge in [-0.3, -0.25) is 4.79 Å². The second kappa shape index (κ2) is 9.80. The molecule has 0 bridgehead atoms. The second-order valence-electron chi connectivity index (χ2n) is 7.46. The number of nitrogens with one attached hydrogen (secondary N) is 2. The summed E-state index contributed by atoms with van der Waals surface area (Å²) in [5, 5.41) is 5.77. The van der Waals surface area contributed by atoms with Crippen LogP contribution in [0.25, 0.3) is 0 Å². The summed E-state index contributed by atoms with van der Waals surface area (Å²) in [7, 11) is 0. The van der Waals surface area contributed by atoms with E-state index in [1.807, 2.05) is 36.4 Å². The fourth-order valence-corrected chi connectivity index (χ4v) is 3.44. The monoisotopic (exact) mass is 415 g/mol. The van der Waals surface area contributed by atoms with Crippen molar-refractivity contribution < 1.29 is 14.3 Å². The van der Waals surface area contributed by atoms with E-state index >= 15 is 0 Å². The number of amides is 3. The van der Waals surface area contributed by atoms with E-state index in [1.54, 1.807) is 47.4 Å². The molecule has 31 heavy (non-hydrogen) atoms. The van der Waals surface area contributed by atoms with Crippen LogP contribution in [0.3, 0.4) is 0 Å². The van der Waals surface area contributed by atoms with Crippen molar-refractivity contribution in [3.8, 4) is 5.75 Å². The number of benzene rings is 3. The molecule has 2 N–H and O–H groups in total. The van der Waals surface area contributed by atoms with E-state index in [9.17, 15) is 9.59 Å². The smallest absolute Gasteiger partial charge is 0.321 e. The molecular formula is C25H25N3O3. The molecule has 0 unspecified atom stereocenters. The highest BCUT2D eigenvalue weighted by Gasteiger charge is 2.17. The van der Waals surface area contributed by atoms with Gasteiger partial charge < -0.3 is 20.3 Å². The topological polar surface area (TPSA) is 70.7 Å². The zero-order valence-electron chi connectivity index (χ0n) is 17.2. The van der Waals surface area contributed by atoms with Crippen molar-refractivity contribution in [1.82, 2.24) is 4.90 Å². The molecule has 6 nitrogen and oxygen atoms in total. The number of urea groups is 1. The summed E-state index contributed by atoms with van der Waals surface area (Å²) in [6, 6.07) is 24.0. The number of carbonyl (C=O) groups is 2. The zero-order valence-corrected chi connectivity index (χ0v) is 17.2. The Morgan fingerprint density at radius 1 is 0.806 bits per heavy atom. The largest absolute Gasteiger partial charge is 0.489 e. The third-order valence-electron chi connectivity index (χ3n) is 5.13. The maximum atomic E-state index is 12.6. The predicted molar refractivity (Wildman–Crippen MR) is 121 cm³/mol. The van der Waals surface area contributed by atoms with Crippen molar-refractivity contribution in [3.63, 3.8) is 0 Å². The van der Waals surface area contributed by atoms with Crippen LogP contribution in [-0.2, 0) is 6.61 Å². The Bertz CT molecular complexity index is 1030. The lowest BCUT2D eigenvalue weighted by molar-refractivity contribution is 0.102. The number of carbonyl (C=O) groups excluding carboxylic acids is 2. The quantitative estimate of drug-likeness (QED) is 0.585. The molecule has 6 heteroatoms. The van der Waals surface area contributed by atoms with E-state index < -0.39 is 0 Å². The van der Waals surface area contributed by atoms with Crippen molar-refractivity contribution in [2.45, 2.75) is 19.4 Å². The summed E-state index contributed by atoms with van der Waals surface area (Å²) in [6.45, 7) is 2.04. The molecule has 1 aliphatic rings. The van der Waals surface area contributed by atoms with E-state index in [2.05, 4.69) is 10.6 Å². The highest BCUT2D eigenvalue weighted by molar-refractivity contribution is 6.04. The normalized spacial score (nSPS) is 13.0. The standard InChI is InChI=1S/C25H25N3O3/c29-24(20-11-13-23(14-12-20)31-18-19-7-2-1-3-8-19)26-21-9-6-10-22(17-21)27-25(30)28-15-4-5-16-28/h1-3,6-14,17H,4-5,15-16,18H2,(H,26,29)(H,27,30). The number of anilines is 2. The summed E-state index contributed by atoms with van der Waals surface area (Å²) in [6.07, 6.45) is 2.08. The van der Waals surface area contributed by atoms with E-state index in [-0.39, 0.29) is 11.9 Å². The molecule has 0 spiro atoms. The lowest BCUT2D eigenvalue weighted by Gasteiger charge is -2.16. The first kappa shape index (κ1) is 20.5. The summed E-state index contributed by atoms with van der Waals surface area (Å²) >= 11 is 0. The molecule has 3 aromatic rings. The zero-order chi connectivity index (χ0) is 21.5. The molecule has 1 saturated heterocycles. The summed E-state index contributed by atoms with van der Waals surface area (Å²) < 4.78 is 5.76. The number of ether oxygens (including phenoxy) is 1. The van der Waals surface area contributed by atoms with Gasteiger partial charge in [-0.25, -0.2) is 4.79 Å². The van der Waals surface area contributed by atoms with Gasteiger partial charge in [-0.05, 0) is 60.9 Å². The maximum absolute atomic E-state index is 12.6. The van der Waals surface area contributed by atoms with Crippen LogP contribution in [0.2, 0.25) is 0 Å². The third kappa shape index (κ3) is 5.63. The first-order valence-corrected chi connectivity index (χ1v) is 10.4. The van der Waals surface area contributed by atoms with Gasteiger partial charge in [0.1, 0.15) is 12.4 Å².